The first-order chi connectivity index (χ1) is 8.72. The number of anilines is 1. The van der Waals surface area contributed by atoms with E-state index in [9.17, 15) is 0 Å². The number of nitrogens with one attached hydrogen (secondary N) is 1. The predicted octanol–water partition coefficient (Wildman–Crippen LogP) is 4.10. The summed E-state index contributed by atoms with van der Waals surface area (Å²) in [4.78, 5) is 4.88. The maximum atomic E-state index is 4.88. The molecular weight excluding hydrogens is 220 g/mol. The summed E-state index contributed by atoms with van der Waals surface area (Å²) >= 11 is 0. The van der Waals surface area contributed by atoms with Crippen molar-refractivity contribution >= 4 is 16.6 Å². The van der Waals surface area contributed by atoms with Crippen LogP contribution in [0.25, 0.3) is 10.9 Å². The molecule has 0 spiro atoms. The van der Waals surface area contributed by atoms with Crippen molar-refractivity contribution in [2.24, 2.45) is 0 Å². The summed E-state index contributed by atoms with van der Waals surface area (Å²) in [6, 6.07) is 6.51. The molecule has 2 aromatic rings. The third kappa shape index (κ3) is 2.07. The summed E-state index contributed by atoms with van der Waals surface area (Å²) in [6.45, 7) is 6.54. The van der Waals surface area contributed by atoms with Crippen LogP contribution in [-0.4, -0.2) is 12.0 Å². The number of rotatable bonds is 4. The van der Waals surface area contributed by atoms with Crippen LogP contribution in [0.3, 0.4) is 0 Å². The summed E-state index contributed by atoms with van der Waals surface area (Å²) < 4.78 is 0. The minimum Gasteiger partial charge on any atom is -0.387 e. The first kappa shape index (κ1) is 12.9. The molecule has 0 aliphatic heterocycles. The van der Waals surface area contributed by atoms with Crippen molar-refractivity contribution in [1.29, 1.82) is 0 Å². The number of fused-ring (bicyclic) bond motifs is 1. The number of pyridine rings is 1. The van der Waals surface area contributed by atoms with Gasteiger partial charge in [0.1, 0.15) is 0 Å². The number of benzene rings is 1. The molecule has 1 aromatic carbocycles. The van der Waals surface area contributed by atoms with Gasteiger partial charge in [0, 0.05) is 23.8 Å². The van der Waals surface area contributed by atoms with E-state index >= 15 is 0 Å². The Morgan fingerprint density at radius 3 is 2.61 bits per heavy atom. The summed E-state index contributed by atoms with van der Waals surface area (Å²) in [6.07, 6.45) is 3.24. The molecule has 0 amide bonds. The Morgan fingerprint density at radius 2 is 2.00 bits per heavy atom. The topological polar surface area (TPSA) is 24.9 Å². The highest BCUT2D eigenvalue weighted by atomic mass is 14.8. The van der Waals surface area contributed by atoms with Crippen LogP contribution in [0.4, 0.5) is 5.69 Å². The fourth-order valence-corrected chi connectivity index (χ4v) is 2.63. The fraction of sp³-hybridized carbons (Fsp3) is 0.438. The molecular formula is C16H22N2. The Morgan fingerprint density at radius 1 is 1.22 bits per heavy atom. The quantitative estimate of drug-likeness (QED) is 0.873. The van der Waals surface area contributed by atoms with Gasteiger partial charge in [-0.3, -0.25) is 4.98 Å². The SMILES string of the molecule is CCCc1cccc2c(NC)c(C)c(CC)nc12. The standard InChI is InChI=1S/C16H22N2/c1-5-8-12-9-7-10-13-15(17-4)11(3)14(6-2)18-16(12)13/h7,9-10H,5-6,8H2,1-4H3,(H,17,18). The molecule has 0 aliphatic rings. The Balaban J connectivity index is 2.78. The Hall–Kier alpha value is -1.57. The number of nitrogens with zero attached hydrogens (tertiary/aromatic N) is 1. The van der Waals surface area contributed by atoms with Gasteiger partial charge in [0.2, 0.25) is 0 Å². The largest absolute Gasteiger partial charge is 0.387 e. The van der Waals surface area contributed by atoms with Gasteiger partial charge in [-0.2, -0.15) is 0 Å². The Labute approximate surface area is 109 Å². The second kappa shape index (κ2) is 5.38. The average molecular weight is 242 g/mol. The van der Waals surface area contributed by atoms with Crippen LogP contribution in [0.2, 0.25) is 0 Å². The number of hydrogen-bond donors (Lipinski definition) is 1. The second-order valence-corrected chi connectivity index (χ2v) is 4.73. The van der Waals surface area contributed by atoms with E-state index in [1.165, 1.54) is 33.4 Å². The zero-order valence-electron chi connectivity index (χ0n) is 11.8. The van der Waals surface area contributed by atoms with Crippen molar-refractivity contribution in [1.82, 2.24) is 4.98 Å². The minimum absolute atomic E-state index is 0.983. The maximum Gasteiger partial charge on any atom is 0.0758 e. The van der Waals surface area contributed by atoms with Crippen molar-refractivity contribution in [2.75, 3.05) is 12.4 Å². The van der Waals surface area contributed by atoms with Gasteiger partial charge >= 0.3 is 0 Å². The predicted molar refractivity (Wildman–Crippen MR) is 79.4 cm³/mol. The van der Waals surface area contributed by atoms with Gasteiger partial charge in [-0.1, -0.05) is 38.5 Å². The zero-order valence-corrected chi connectivity index (χ0v) is 11.8. The Bertz CT molecular complexity index is 559. The fourth-order valence-electron chi connectivity index (χ4n) is 2.63. The average Bonchev–Trinajstić information content (AvgIpc) is 2.39. The third-order valence-corrected chi connectivity index (χ3v) is 3.55. The molecule has 2 heteroatoms. The molecule has 0 saturated carbocycles. The highest BCUT2D eigenvalue weighted by molar-refractivity contribution is 5.95. The lowest BCUT2D eigenvalue weighted by Gasteiger charge is -2.15. The molecule has 0 aliphatic carbocycles. The normalized spacial score (nSPS) is 10.9. The van der Waals surface area contributed by atoms with Gasteiger partial charge in [-0.25, -0.2) is 0 Å². The maximum absolute atomic E-state index is 4.88. The Kier molecular flexibility index (Phi) is 3.85. The van der Waals surface area contributed by atoms with Gasteiger partial charge in [0.25, 0.3) is 0 Å². The molecule has 96 valence electrons. The lowest BCUT2D eigenvalue weighted by atomic mass is 10.0. The minimum atomic E-state index is 0.983. The van der Waals surface area contributed by atoms with E-state index < -0.39 is 0 Å². The van der Waals surface area contributed by atoms with Crippen LogP contribution >= 0.6 is 0 Å². The third-order valence-electron chi connectivity index (χ3n) is 3.55. The van der Waals surface area contributed by atoms with E-state index in [4.69, 9.17) is 4.98 Å². The van der Waals surface area contributed by atoms with Gasteiger partial charge in [-0.05, 0) is 30.9 Å². The highest BCUT2D eigenvalue weighted by Gasteiger charge is 2.11. The second-order valence-electron chi connectivity index (χ2n) is 4.73. The van der Waals surface area contributed by atoms with Gasteiger partial charge in [-0.15, -0.1) is 0 Å². The summed E-state index contributed by atoms with van der Waals surface area (Å²) in [7, 11) is 1.99. The van der Waals surface area contributed by atoms with E-state index in [1.807, 2.05) is 7.05 Å². The van der Waals surface area contributed by atoms with Crippen molar-refractivity contribution in [2.45, 2.75) is 40.0 Å². The van der Waals surface area contributed by atoms with E-state index in [-0.39, 0.29) is 0 Å². The lowest BCUT2D eigenvalue weighted by molar-refractivity contribution is 0.922. The molecule has 1 aromatic heterocycles. The molecule has 0 unspecified atom stereocenters. The molecule has 0 atom stereocenters. The smallest absolute Gasteiger partial charge is 0.0758 e. The molecule has 0 saturated heterocycles. The molecule has 1 heterocycles. The summed E-state index contributed by atoms with van der Waals surface area (Å²) in [5.74, 6) is 0. The molecule has 0 fully saturated rings. The van der Waals surface area contributed by atoms with Crippen molar-refractivity contribution in [3.8, 4) is 0 Å². The lowest BCUT2D eigenvalue weighted by Crippen LogP contribution is -2.02. The van der Waals surface area contributed by atoms with Crippen LogP contribution in [0, 0.1) is 6.92 Å². The van der Waals surface area contributed by atoms with Crippen LogP contribution in [0.15, 0.2) is 18.2 Å². The van der Waals surface area contributed by atoms with Crippen LogP contribution in [0.5, 0.6) is 0 Å². The van der Waals surface area contributed by atoms with Crippen molar-refractivity contribution in [3.63, 3.8) is 0 Å². The molecule has 1 N–H and O–H groups in total. The molecule has 0 radical (unpaired) electrons. The van der Waals surface area contributed by atoms with E-state index in [0.29, 0.717) is 0 Å². The van der Waals surface area contributed by atoms with Crippen molar-refractivity contribution in [3.05, 3.63) is 35.0 Å². The number of aryl methyl sites for hydroxylation is 2. The van der Waals surface area contributed by atoms with E-state index in [2.05, 4.69) is 44.3 Å². The zero-order chi connectivity index (χ0) is 13.1. The first-order valence-corrected chi connectivity index (χ1v) is 6.81. The number of aromatic nitrogens is 1. The monoisotopic (exact) mass is 242 g/mol. The summed E-state index contributed by atoms with van der Waals surface area (Å²) in [5.41, 5.74) is 6.25. The molecule has 2 rings (SSSR count). The molecule has 2 nitrogen and oxygen atoms in total. The summed E-state index contributed by atoms with van der Waals surface area (Å²) in [5, 5.41) is 4.59. The van der Waals surface area contributed by atoms with Crippen LogP contribution < -0.4 is 5.32 Å². The van der Waals surface area contributed by atoms with Gasteiger partial charge < -0.3 is 5.32 Å². The highest BCUT2D eigenvalue weighted by Crippen LogP contribution is 2.30. The number of hydrogen-bond acceptors (Lipinski definition) is 2. The van der Waals surface area contributed by atoms with Crippen LogP contribution in [0.1, 0.15) is 37.1 Å². The van der Waals surface area contributed by atoms with Gasteiger partial charge in [0.05, 0.1) is 5.52 Å². The van der Waals surface area contributed by atoms with Gasteiger partial charge in [0.15, 0.2) is 0 Å². The molecule has 0 bridgehead atoms. The molecule has 18 heavy (non-hydrogen) atoms. The van der Waals surface area contributed by atoms with Crippen LogP contribution in [-0.2, 0) is 12.8 Å². The van der Waals surface area contributed by atoms with Crippen molar-refractivity contribution < 1.29 is 0 Å². The first-order valence-electron chi connectivity index (χ1n) is 6.81. The number of para-hydroxylation sites is 1. The van der Waals surface area contributed by atoms with E-state index in [1.54, 1.807) is 0 Å². The van der Waals surface area contributed by atoms with E-state index in [0.717, 1.165) is 19.3 Å².